The van der Waals surface area contributed by atoms with Gasteiger partial charge in [0.15, 0.2) is 11.5 Å². The Morgan fingerprint density at radius 2 is 2.05 bits per heavy atom. The predicted octanol–water partition coefficient (Wildman–Crippen LogP) is 3.21. The van der Waals surface area contributed by atoms with Crippen LogP contribution in [0.5, 0.6) is 0 Å². The molecule has 0 spiro atoms. The second-order valence-electron chi connectivity index (χ2n) is 4.13. The van der Waals surface area contributed by atoms with E-state index in [1.54, 1.807) is 0 Å². The summed E-state index contributed by atoms with van der Waals surface area (Å²) >= 11 is 3.12. The van der Waals surface area contributed by atoms with Gasteiger partial charge in [-0.05, 0) is 0 Å². The fraction of sp³-hybridized carbons (Fsp3) is 0.455. The predicted molar refractivity (Wildman–Crippen MR) is 70.0 cm³/mol. The van der Waals surface area contributed by atoms with Crippen molar-refractivity contribution in [3.8, 4) is 0 Å². The molecule has 4 nitrogen and oxygen atoms in total. The molecule has 2 aromatic heterocycles. The first-order valence-electron chi connectivity index (χ1n) is 5.83. The third-order valence-electron chi connectivity index (χ3n) is 2.67. The molecule has 2 rings (SSSR count). The quantitative estimate of drug-likeness (QED) is 0.596. The summed E-state index contributed by atoms with van der Waals surface area (Å²) in [6.45, 7) is -0.436. The van der Waals surface area contributed by atoms with Crippen LogP contribution in [0.4, 0.5) is 27.8 Å². The van der Waals surface area contributed by atoms with E-state index in [4.69, 9.17) is 0 Å². The lowest BCUT2D eigenvalue weighted by Crippen LogP contribution is -2.31. The minimum atomic E-state index is -4.60. The van der Waals surface area contributed by atoms with Crippen LogP contribution in [0.3, 0.4) is 0 Å². The number of fused-ring (bicyclic) bond motifs is 1. The Hall–Kier alpha value is -1.45. The number of nitrogens with zero attached hydrogens (tertiary/aromatic N) is 4. The van der Waals surface area contributed by atoms with Gasteiger partial charge < -0.3 is 4.90 Å². The second kappa shape index (κ2) is 6.12. The van der Waals surface area contributed by atoms with Crippen molar-refractivity contribution in [2.24, 2.45) is 0 Å². The number of halogens is 6. The first-order valence-corrected chi connectivity index (χ1v) is 6.95. The van der Waals surface area contributed by atoms with Gasteiger partial charge in [0.2, 0.25) is 0 Å². The van der Waals surface area contributed by atoms with Crippen LogP contribution in [0.1, 0.15) is 5.69 Å². The highest BCUT2D eigenvalue weighted by molar-refractivity contribution is 9.09. The van der Waals surface area contributed by atoms with E-state index >= 15 is 0 Å². The summed E-state index contributed by atoms with van der Waals surface area (Å²) in [7, 11) is 0. The first-order chi connectivity index (χ1) is 9.82. The number of anilines is 1. The number of alkyl halides is 6. The summed E-state index contributed by atoms with van der Waals surface area (Å²) in [5.41, 5.74) is -1.06. The number of aromatic nitrogens is 3. The Morgan fingerprint density at radius 3 is 2.62 bits per heavy atom. The lowest BCUT2D eigenvalue weighted by Gasteiger charge is -2.22. The summed E-state index contributed by atoms with van der Waals surface area (Å²) < 4.78 is 64.2. The topological polar surface area (TPSA) is 33.4 Å². The average molecular weight is 373 g/mol. The van der Waals surface area contributed by atoms with Gasteiger partial charge in [-0.3, -0.25) is 0 Å². The van der Waals surface area contributed by atoms with Crippen LogP contribution in [0.15, 0.2) is 18.5 Å². The minimum Gasteiger partial charge on any atom is -0.348 e. The maximum Gasteiger partial charge on any atom is 0.435 e. The van der Waals surface area contributed by atoms with Crippen LogP contribution in [-0.2, 0) is 6.18 Å². The number of hydrogen-bond donors (Lipinski definition) is 0. The van der Waals surface area contributed by atoms with Crippen molar-refractivity contribution >= 4 is 27.3 Å². The van der Waals surface area contributed by atoms with Crippen LogP contribution in [0, 0.1) is 0 Å². The van der Waals surface area contributed by atoms with Gasteiger partial charge in [0.05, 0.1) is 6.54 Å². The summed E-state index contributed by atoms with van der Waals surface area (Å²) in [5, 5.41) is 3.77. The Bertz CT molecular complexity index is 612. The van der Waals surface area contributed by atoms with Gasteiger partial charge >= 0.3 is 6.18 Å². The van der Waals surface area contributed by atoms with Crippen LogP contribution in [0.25, 0.3) is 5.52 Å². The zero-order chi connectivity index (χ0) is 15.6. The molecular formula is C11H10BrF5N4. The zero-order valence-corrected chi connectivity index (χ0v) is 12.1. The largest absolute Gasteiger partial charge is 0.435 e. The molecule has 2 aromatic rings. The molecule has 0 amide bonds. The summed E-state index contributed by atoms with van der Waals surface area (Å²) in [6.07, 6.45) is -4.77. The highest BCUT2D eigenvalue weighted by atomic mass is 79.9. The Balaban J connectivity index is 2.49. The molecule has 10 heteroatoms. The number of rotatable bonds is 5. The molecule has 0 bridgehead atoms. The van der Waals surface area contributed by atoms with Gasteiger partial charge in [-0.25, -0.2) is 18.3 Å². The van der Waals surface area contributed by atoms with E-state index in [0.717, 1.165) is 10.6 Å². The molecule has 0 aliphatic carbocycles. The normalized spacial score (nSPS) is 12.3. The first kappa shape index (κ1) is 15.9. The molecule has 21 heavy (non-hydrogen) atoms. The van der Waals surface area contributed by atoms with Crippen molar-refractivity contribution in [1.29, 1.82) is 0 Å². The van der Waals surface area contributed by atoms with E-state index in [2.05, 4.69) is 26.0 Å². The van der Waals surface area contributed by atoms with Crippen molar-refractivity contribution in [2.45, 2.75) is 12.6 Å². The van der Waals surface area contributed by atoms with E-state index < -0.39 is 24.8 Å². The summed E-state index contributed by atoms with van der Waals surface area (Å²) in [6, 6.07) is 0.801. The van der Waals surface area contributed by atoms with Crippen molar-refractivity contribution in [3.63, 3.8) is 0 Å². The van der Waals surface area contributed by atoms with Crippen LogP contribution < -0.4 is 4.90 Å². The van der Waals surface area contributed by atoms with E-state index in [1.807, 2.05) is 0 Å². The molecule has 0 fully saturated rings. The van der Waals surface area contributed by atoms with Crippen LogP contribution >= 0.6 is 15.9 Å². The molecule has 0 aliphatic rings. The van der Waals surface area contributed by atoms with Gasteiger partial charge in [-0.15, -0.1) is 0 Å². The minimum absolute atomic E-state index is 0.0337. The standard InChI is InChI=1S/C11H10BrF5N4/c12-1-3-20(6-9(13)14)10-7-5-8(11(15,16)17)19-21(7)4-2-18-10/h2,4-5,9H,1,3,6H2. The molecule has 0 atom stereocenters. The third kappa shape index (κ3) is 3.60. The Kier molecular flexibility index (Phi) is 4.64. The summed E-state index contributed by atoms with van der Waals surface area (Å²) in [4.78, 5) is 5.14. The molecule has 0 aromatic carbocycles. The molecule has 0 saturated carbocycles. The van der Waals surface area contributed by atoms with Crippen molar-refractivity contribution in [2.75, 3.05) is 23.3 Å². The monoisotopic (exact) mass is 372 g/mol. The molecule has 116 valence electrons. The van der Waals surface area contributed by atoms with E-state index in [9.17, 15) is 22.0 Å². The summed E-state index contributed by atoms with van der Waals surface area (Å²) in [5.74, 6) is 0.0419. The van der Waals surface area contributed by atoms with Crippen molar-refractivity contribution in [1.82, 2.24) is 14.6 Å². The SMILES string of the molecule is FC(F)CN(CCBr)c1nccn2nc(C(F)(F)F)cc12. The highest BCUT2D eigenvalue weighted by Crippen LogP contribution is 2.31. The maximum atomic E-state index is 12.7. The molecule has 0 N–H and O–H groups in total. The van der Waals surface area contributed by atoms with Crippen LogP contribution in [0.2, 0.25) is 0 Å². The van der Waals surface area contributed by atoms with Gasteiger partial charge in [-0.2, -0.15) is 18.3 Å². The zero-order valence-electron chi connectivity index (χ0n) is 10.5. The maximum absolute atomic E-state index is 12.7. The molecule has 0 saturated heterocycles. The van der Waals surface area contributed by atoms with E-state index in [1.165, 1.54) is 17.3 Å². The van der Waals surface area contributed by atoms with Gasteiger partial charge in [0, 0.05) is 30.3 Å². The molecule has 2 heterocycles. The molecule has 0 radical (unpaired) electrons. The highest BCUT2D eigenvalue weighted by Gasteiger charge is 2.34. The fourth-order valence-corrected chi connectivity index (χ4v) is 2.27. The Labute approximate surface area is 124 Å². The fourth-order valence-electron chi connectivity index (χ4n) is 1.84. The Morgan fingerprint density at radius 1 is 1.33 bits per heavy atom. The van der Waals surface area contributed by atoms with E-state index in [0.29, 0.717) is 5.33 Å². The van der Waals surface area contributed by atoms with E-state index in [-0.39, 0.29) is 17.9 Å². The lowest BCUT2D eigenvalue weighted by atomic mass is 10.3. The van der Waals surface area contributed by atoms with Gasteiger partial charge in [0.25, 0.3) is 6.43 Å². The molecule has 0 unspecified atom stereocenters. The second-order valence-corrected chi connectivity index (χ2v) is 4.93. The van der Waals surface area contributed by atoms with Crippen molar-refractivity contribution in [3.05, 3.63) is 24.2 Å². The van der Waals surface area contributed by atoms with Gasteiger partial charge in [-0.1, -0.05) is 15.9 Å². The average Bonchev–Trinajstić information content (AvgIpc) is 2.81. The van der Waals surface area contributed by atoms with Crippen LogP contribution in [-0.4, -0.2) is 39.4 Å². The molecular weight excluding hydrogens is 363 g/mol. The molecule has 0 aliphatic heterocycles. The van der Waals surface area contributed by atoms with Gasteiger partial charge in [0.1, 0.15) is 5.52 Å². The lowest BCUT2D eigenvalue weighted by molar-refractivity contribution is -0.141. The smallest absolute Gasteiger partial charge is 0.348 e. The number of hydrogen-bond acceptors (Lipinski definition) is 3. The third-order valence-corrected chi connectivity index (χ3v) is 3.03. The van der Waals surface area contributed by atoms with Crippen molar-refractivity contribution < 1.29 is 22.0 Å².